The van der Waals surface area contributed by atoms with Crippen LogP contribution in [-0.2, 0) is 14.8 Å². The molecule has 1 unspecified atom stereocenters. The molecule has 1 aliphatic rings. The summed E-state index contributed by atoms with van der Waals surface area (Å²) in [5, 5.41) is 8.84. The number of carbonyl (C=O) groups is 1. The van der Waals surface area contributed by atoms with E-state index in [4.69, 9.17) is 9.94 Å². The molecule has 0 bridgehead atoms. The van der Waals surface area contributed by atoms with Gasteiger partial charge in [0.15, 0.2) is 0 Å². The predicted molar refractivity (Wildman–Crippen MR) is 86.4 cm³/mol. The first-order chi connectivity index (χ1) is 11.5. The Morgan fingerprint density at radius 3 is 2.58 bits per heavy atom. The Bertz CT molecular complexity index is 867. The molecule has 8 heteroatoms. The molecule has 1 amide bonds. The number of sulfonamides is 1. The van der Waals surface area contributed by atoms with Crippen molar-refractivity contribution in [1.29, 1.82) is 0 Å². The van der Waals surface area contributed by atoms with Gasteiger partial charge in [0.1, 0.15) is 5.75 Å². The third-order valence-corrected chi connectivity index (χ3v) is 5.82. The third-order valence-electron chi connectivity index (χ3n) is 3.91. The minimum Gasteiger partial charge on any atom is -0.497 e. The molecular formula is C16H16N2O5S. The van der Waals surface area contributed by atoms with Crippen LogP contribution in [0.4, 0.5) is 5.69 Å². The molecule has 2 aromatic rings. The van der Waals surface area contributed by atoms with Crippen LogP contribution in [0.5, 0.6) is 5.75 Å². The van der Waals surface area contributed by atoms with E-state index in [0.717, 1.165) is 0 Å². The Balaban J connectivity index is 2.18. The number of hydrogen-bond acceptors (Lipinski definition) is 5. The summed E-state index contributed by atoms with van der Waals surface area (Å²) in [5.41, 5.74) is 2.47. The van der Waals surface area contributed by atoms with Crippen molar-refractivity contribution in [3.05, 3.63) is 54.1 Å². The van der Waals surface area contributed by atoms with Gasteiger partial charge in [0.25, 0.3) is 10.0 Å². The number of methoxy groups -OCH3 is 1. The number of rotatable bonds is 4. The molecule has 0 aliphatic carbocycles. The zero-order valence-electron chi connectivity index (χ0n) is 12.8. The molecule has 1 atom stereocenters. The molecule has 0 spiro atoms. The quantitative estimate of drug-likeness (QED) is 0.649. The lowest BCUT2D eigenvalue weighted by Crippen LogP contribution is -2.32. The molecule has 126 valence electrons. The van der Waals surface area contributed by atoms with Crippen LogP contribution >= 0.6 is 0 Å². The lowest BCUT2D eigenvalue weighted by Gasteiger charge is -2.25. The van der Waals surface area contributed by atoms with Gasteiger partial charge >= 0.3 is 0 Å². The Morgan fingerprint density at radius 2 is 1.96 bits per heavy atom. The van der Waals surface area contributed by atoms with E-state index < -0.39 is 22.0 Å². The van der Waals surface area contributed by atoms with Crippen molar-refractivity contribution in [3.63, 3.8) is 0 Å². The van der Waals surface area contributed by atoms with Gasteiger partial charge in [0.2, 0.25) is 5.91 Å². The highest BCUT2D eigenvalue weighted by molar-refractivity contribution is 7.93. The van der Waals surface area contributed by atoms with Crippen LogP contribution in [0.1, 0.15) is 18.0 Å². The average Bonchev–Trinajstić information content (AvgIpc) is 2.82. The number of ether oxygens (including phenoxy) is 1. The summed E-state index contributed by atoms with van der Waals surface area (Å²) in [6.45, 7) is 0. The highest BCUT2D eigenvalue weighted by Gasteiger charge is 2.43. The van der Waals surface area contributed by atoms with E-state index in [9.17, 15) is 13.2 Å². The van der Waals surface area contributed by atoms with Crippen LogP contribution in [0.3, 0.4) is 0 Å². The Labute approximate surface area is 139 Å². The summed E-state index contributed by atoms with van der Waals surface area (Å²) in [6, 6.07) is 12.4. The van der Waals surface area contributed by atoms with Gasteiger partial charge in [-0.05, 0) is 30.3 Å². The van der Waals surface area contributed by atoms with E-state index in [2.05, 4.69) is 0 Å². The van der Waals surface area contributed by atoms with E-state index in [-0.39, 0.29) is 11.3 Å². The fraction of sp³-hybridized carbons (Fsp3) is 0.188. The van der Waals surface area contributed by atoms with E-state index in [1.807, 2.05) is 0 Å². The summed E-state index contributed by atoms with van der Waals surface area (Å²) in [6.07, 6.45) is -0.217. The molecule has 0 fully saturated rings. The van der Waals surface area contributed by atoms with Gasteiger partial charge in [-0.25, -0.2) is 13.9 Å². The lowest BCUT2D eigenvalue weighted by molar-refractivity contribution is -0.129. The third kappa shape index (κ3) is 2.59. The monoisotopic (exact) mass is 348 g/mol. The summed E-state index contributed by atoms with van der Waals surface area (Å²) in [7, 11) is -2.33. The Morgan fingerprint density at radius 1 is 1.25 bits per heavy atom. The molecule has 24 heavy (non-hydrogen) atoms. The fourth-order valence-corrected chi connectivity index (χ4v) is 4.72. The first kappa shape index (κ1) is 16.3. The number of hydroxylamine groups is 1. The van der Waals surface area contributed by atoms with Crippen molar-refractivity contribution in [2.24, 2.45) is 0 Å². The second-order valence-electron chi connectivity index (χ2n) is 5.30. The minimum atomic E-state index is -3.81. The van der Waals surface area contributed by atoms with E-state index in [0.29, 0.717) is 17.0 Å². The van der Waals surface area contributed by atoms with Gasteiger partial charge in [-0.2, -0.15) is 0 Å². The predicted octanol–water partition coefficient (Wildman–Crippen LogP) is 1.84. The molecule has 2 N–H and O–H groups in total. The normalized spacial score (nSPS) is 18.1. The molecular weight excluding hydrogens is 332 g/mol. The maximum atomic E-state index is 13.0. The van der Waals surface area contributed by atoms with E-state index in [1.165, 1.54) is 17.5 Å². The van der Waals surface area contributed by atoms with Gasteiger partial charge in [-0.1, -0.05) is 18.2 Å². The summed E-state index contributed by atoms with van der Waals surface area (Å²) < 4.78 is 32.3. The molecule has 1 heterocycles. The zero-order valence-corrected chi connectivity index (χ0v) is 13.7. The molecule has 0 saturated carbocycles. The minimum absolute atomic E-state index is 0.128. The largest absolute Gasteiger partial charge is 0.497 e. The average molecular weight is 348 g/mol. The van der Waals surface area contributed by atoms with Gasteiger partial charge in [0.05, 0.1) is 30.2 Å². The molecule has 0 aromatic heterocycles. The van der Waals surface area contributed by atoms with Crippen molar-refractivity contribution >= 4 is 21.6 Å². The maximum Gasteiger partial charge on any atom is 0.265 e. The number of fused-ring (bicyclic) bond motifs is 1. The van der Waals surface area contributed by atoms with E-state index >= 15 is 0 Å². The van der Waals surface area contributed by atoms with Crippen molar-refractivity contribution in [3.8, 4) is 5.75 Å². The highest BCUT2D eigenvalue weighted by atomic mass is 32.2. The SMILES string of the molecule is COc1ccc2c(c1)C(CC(=O)NO)N(c1ccccc1)S2(=O)=O. The van der Waals surface area contributed by atoms with Gasteiger partial charge in [-0.15, -0.1) is 0 Å². The van der Waals surface area contributed by atoms with Gasteiger partial charge < -0.3 is 4.74 Å². The number of carbonyl (C=O) groups excluding carboxylic acids is 1. The molecule has 0 radical (unpaired) electrons. The van der Waals surface area contributed by atoms with Crippen LogP contribution in [0.25, 0.3) is 0 Å². The zero-order chi connectivity index (χ0) is 17.3. The van der Waals surface area contributed by atoms with Crippen molar-refractivity contribution in [2.45, 2.75) is 17.4 Å². The van der Waals surface area contributed by atoms with Gasteiger partial charge in [0, 0.05) is 5.56 Å². The van der Waals surface area contributed by atoms with Crippen LogP contribution in [-0.4, -0.2) is 26.6 Å². The number of nitrogens with zero attached hydrogens (tertiary/aromatic N) is 1. The Hall–Kier alpha value is -2.58. The molecule has 3 rings (SSSR count). The molecule has 1 aliphatic heterocycles. The number of hydrogen-bond donors (Lipinski definition) is 2. The Kier molecular flexibility index (Phi) is 4.16. The number of nitrogens with one attached hydrogen (secondary N) is 1. The van der Waals surface area contributed by atoms with Crippen LogP contribution in [0, 0.1) is 0 Å². The summed E-state index contributed by atoms with van der Waals surface area (Å²) in [5.74, 6) is -0.180. The van der Waals surface area contributed by atoms with Crippen molar-refractivity contribution < 1.29 is 23.2 Å². The maximum absolute atomic E-state index is 13.0. The highest BCUT2D eigenvalue weighted by Crippen LogP contribution is 2.45. The second kappa shape index (κ2) is 6.14. The molecule has 2 aromatic carbocycles. The summed E-state index contributed by atoms with van der Waals surface area (Å²) in [4.78, 5) is 11.8. The number of amides is 1. The molecule has 0 saturated heterocycles. The lowest BCUT2D eigenvalue weighted by atomic mass is 10.0. The van der Waals surface area contributed by atoms with Crippen LogP contribution in [0.2, 0.25) is 0 Å². The standard InChI is InChI=1S/C16H16N2O5S/c1-23-12-7-8-15-13(9-12)14(10-16(19)17-20)18(24(15,21)22)11-5-3-2-4-6-11/h2-9,14,20H,10H2,1H3,(H,17,19). The first-order valence-electron chi connectivity index (χ1n) is 7.19. The van der Waals surface area contributed by atoms with Crippen molar-refractivity contribution in [1.82, 2.24) is 5.48 Å². The van der Waals surface area contributed by atoms with Crippen LogP contribution < -0.4 is 14.5 Å². The second-order valence-corrected chi connectivity index (χ2v) is 7.08. The number of para-hydroxylation sites is 1. The van der Waals surface area contributed by atoms with Gasteiger partial charge in [-0.3, -0.25) is 14.3 Å². The van der Waals surface area contributed by atoms with E-state index in [1.54, 1.807) is 47.9 Å². The van der Waals surface area contributed by atoms with Crippen molar-refractivity contribution in [2.75, 3.05) is 11.4 Å². The molecule has 7 nitrogen and oxygen atoms in total. The number of benzene rings is 2. The summed E-state index contributed by atoms with van der Waals surface area (Å²) >= 11 is 0. The topological polar surface area (TPSA) is 95.9 Å². The first-order valence-corrected chi connectivity index (χ1v) is 8.63. The smallest absolute Gasteiger partial charge is 0.265 e. The van der Waals surface area contributed by atoms with Crippen LogP contribution in [0.15, 0.2) is 53.4 Å². The fourth-order valence-electron chi connectivity index (χ4n) is 2.86. The number of anilines is 1.